The average molecular weight is 632 g/mol. The van der Waals surface area contributed by atoms with Crippen molar-refractivity contribution in [1.82, 2.24) is 0 Å². The molecule has 0 bridgehead atoms. The zero-order chi connectivity index (χ0) is 26.3. The molecule has 38 heavy (non-hydrogen) atoms. The Bertz CT molecular complexity index is 1510. The lowest BCUT2D eigenvalue weighted by atomic mass is 9.78. The lowest BCUT2D eigenvalue weighted by molar-refractivity contribution is 0.157. The summed E-state index contributed by atoms with van der Waals surface area (Å²) in [6.07, 6.45) is 7.55. The van der Waals surface area contributed by atoms with E-state index in [9.17, 15) is 0 Å². The highest BCUT2D eigenvalue weighted by Crippen LogP contribution is 2.59. The van der Waals surface area contributed by atoms with Crippen LogP contribution >= 0.6 is 31.9 Å². The summed E-state index contributed by atoms with van der Waals surface area (Å²) in [5, 5.41) is 0. The van der Waals surface area contributed by atoms with E-state index in [1.807, 2.05) is 0 Å². The quantitative estimate of drug-likeness (QED) is 0.180. The zero-order valence-corrected chi connectivity index (χ0v) is 25.1. The first-order valence-electron chi connectivity index (χ1n) is 13.7. The summed E-state index contributed by atoms with van der Waals surface area (Å²) in [7, 11) is 0. The van der Waals surface area contributed by atoms with Crippen LogP contribution in [0.2, 0.25) is 0 Å². The van der Waals surface area contributed by atoms with Crippen LogP contribution in [-0.4, -0.2) is 6.61 Å². The van der Waals surface area contributed by atoms with Gasteiger partial charge < -0.3 is 9.47 Å². The highest BCUT2D eigenvalue weighted by molar-refractivity contribution is 9.10. The molecule has 4 aromatic carbocycles. The molecule has 4 heteroatoms. The minimum Gasteiger partial charge on any atom is -0.494 e. The number of hydrogen-bond donors (Lipinski definition) is 0. The van der Waals surface area contributed by atoms with E-state index in [0.29, 0.717) is 0 Å². The minimum atomic E-state index is -0.733. The first kappa shape index (κ1) is 25.7. The van der Waals surface area contributed by atoms with Gasteiger partial charge in [0, 0.05) is 31.2 Å². The van der Waals surface area contributed by atoms with E-state index in [-0.39, 0.29) is 0 Å². The zero-order valence-electron chi connectivity index (χ0n) is 22.0. The number of halogens is 2. The molecule has 1 aliphatic carbocycles. The van der Waals surface area contributed by atoms with Crippen LogP contribution in [0.5, 0.6) is 11.5 Å². The molecule has 6 rings (SSSR count). The first-order valence-corrected chi connectivity index (χ1v) is 15.3. The summed E-state index contributed by atoms with van der Waals surface area (Å²) in [6.45, 7) is 5.17. The van der Waals surface area contributed by atoms with Crippen LogP contribution in [0.3, 0.4) is 0 Å². The van der Waals surface area contributed by atoms with Crippen LogP contribution in [0.25, 0.3) is 22.3 Å². The molecule has 2 aliphatic rings. The van der Waals surface area contributed by atoms with Gasteiger partial charge in [0.05, 0.1) is 6.61 Å². The Labute approximate surface area is 242 Å². The fourth-order valence-corrected chi connectivity index (χ4v) is 6.72. The van der Waals surface area contributed by atoms with Crippen molar-refractivity contribution < 1.29 is 9.47 Å². The second-order valence-corrected chi connectivity index (χ2v) is 12.3. The third-order valence-corrected chi connectivity index (χ3v) is 8.83. The van der Waals surface area contributed by atoms with Crippen LogP contribution < -0.4 is 9.47 Å². The standard InChI is InChI=1S/C34H32Br2O2/c1-3-4-5-6-7-8-17-37-25-12-16-31-29(21-25)28-18-22(2)9-15-30(28)34(31)32-19-23(35)10-13-26(32)27-14-11-24(36)20-33(27)38-34/h9-16,18-21H,3-8,17H2,1-2H3. The van der Waals surface area contributed by atoms with Gasteiger partial charge in [0.15, 0.2) is 5.60 Å². The number of fused-ring (bicyclic) bond motifs is 9. The molecule has 1 atom stereocenters. The van der Waals surface area contributed by atoms with Gasteiger partial charge in [-0.25, -0.2) is 0 Å². The number of aryl methyl sites for hydroxylation is 1. The van der Waals surface area contributed by atoms with Gasteiger partial charge >= 0.3 is 0 Å². The normalized spacial score (nSPS) is 16.4. The van der Waals surface area contributed by atoms with E-state index >= 15 is 0 Å². The van der Waals surface area contributed by atoms with Crippen molar-refractivity contribution in [2.45, 2.75) is 58.0 Å². The monoisotopic (exact) mass is 630 g/mol. The summed E-state index contributed by atoms with van der Waals surface area (Å²) in [5.41, 5.74) is 8.72. The second-order valence-electron chi connectivity index (χ2n) is 10.5. The smallest absolute Gasteiger partial charge is 0.186 e. The lowest BCUT2D eigenvalue weighted by Gasteiger charge is -2.39. The number of unbranched alkanes of at least 4 members (excludes halogenated alkanes) is 5. The van der Waals surface area contributed by atoms with E-state index < -0.39 is 5.60 Å². The van der Waals surface area contributed by atoms with Gasteiger partial charge in [0.2, 0.25) is 0 Å². The number of ether oxygens (including phenoxy) is 2. The van der Waals surface area contributed by atoms with Crippen LogP contribution in [0.1, 0.15) is 67.7 Å². The molecule has 194 valence electrons. The van der Waals surface area contributed by atoms with Gasteiger partial charge in [0.25, 0.3) is 0 Å². The van der Waals surface area contributed by atoms with Crippen molar-refractivity contribution in [3.05, 3.63) is 104 Å². The van der Waals surface area contributed by atoms with Crippen LogP contribution in [0.15, 0.2) is 81.7 Å². The van der Waals surface area contributed by atoms with Crippen molar-refractivity contribution in [2.24, 2.45) is 0 Å². The van der Waals surface area contributed by atoms with Gasteiger partial charge in [-0.2, -0.15) is 0 Å². The van der Waals surface area contributed by atoms with Crippen molar-refractivity contribution in [2.75, 3.05) is 6.61 Å². The fourth-order valence-electron chi connectivity index (χ4n) is 6.01. The lowest BCUT2D eigenvalue weighted by Crippen LogP contribution is -2.37. The van der Waals surface area contributed by atoms with Crippen molar-refractivity contribution in [3.8, 4) is 33.8 Å². The van der Waals surface area contributed by atoms with Crippen molar-refractivity contribution in [1.29, 1.82) is 0 Å². The molecule has 0 aromatic heterocycles. The Balaban J connectivity index is 1.43. The molecular formula is C34H32Br2O2. The number of hydrogen-bond acceptors (Lipinski definition) is 2. The molecule has 0 radical (unpaired) electrons. The number of rotatable bonds is 8. The molecule has 0 fully saturated rings. The SMILES string of the molecule is CCCCCCCCOc1ccc2c(c1)-c1cc(C)ccc1C21Oc2cc(Br)ccc2-c2ccc(Br)cc21. The highest BCUT2D eigenvalue weighted by Gasteiger charge is 2.51. The van der Waals surface area contributed by atoms with E-state index in [2.05, 4.69) is 119 Å². The van der Waals surface area contributed by atoms with Crippen LogP contribution in [0.4, 0.5) is 0 Å². The molecule has 0 saturated heterocycles. The van der Waals surface area contributed by atoms with Crippen molar-refractivity contribution in [3.63, 3.8) is 0 Å². The third kappa shape index (κ3) is 4.40. The van der Waals surface area contributed by atoms with Gasteiger partial charge in [-0.15, -0.1) is 0 Å². The molecule has 0 saturated carbocycles. The summed E-state index contributed by atoms with van der Waals surface area (Å²) >= 11 is 7.41. The molecule has 1 spiro atoms. The predicted molar refractivity (Wildman–Crippen MR) is 163 cm³/mol. The van der Waals surface area contributed by atoms with Crippen LogP contribution in [0, 0.1) is 6.92 Å². The third-order valence-electron chi connectivity index (χ3n) is 7.84. The Morgan fingerprint density at radius 3 is 2.16 bits per heavy atom. The molecule has 1 unspecified atom stereocenters. The van der Waals surface area contributed by atoms with Crippen molar-refractivity contribution >= 4 is 31.9 Å². The maximum atomic E-state index is 7.13. The average Bonchev–Trinajstić information content (AvgIpc) is 3.17. The molecule has 2 nitrogen and oxygen atoms in total. The minimum absolute atomic E-state index is 0.733. The maximum absolute atomic E-state index is 7.13. The van der Waals surface area contributed by atoms with Gasteiger partial charge in [-0.1, -0.05) is 107 Å². The molecular weight excluding hydrogens is 600 g/mol. The summed E-state index contributed by atoms with van der Waals surface area (Å²) in [5.74, 6) is 1.81. The predicted octanol–water partition coefficient (Wildman–Crippen LogP) is 10.6. The Kier molecular flexibility index (Phi) is 7.13. The number of benzene rings is 4. The Hall–Kier alpha value is -2.56. The summed E-state index contributed by atoms with van der Waals surface area (Å²) in [4.78, 5) is 0. The van der Waals surface area contributed by atoms with Gasteiger partial charge in [0.1, 0.15) is 11.5 Å². The molecule has 0 N–H and O–H groups in total. The molecule has 4 aromatic rings. The second kappa shape index (κ2) is 10.5. The summed E-state index contributed by atoms with van der Waals surface area (Å²) in [6, 6.07) is 26.2. The topological polar surface area (TPSA) is 18.5 Å². The Morgan fingerprint density at radius 1 is 0.658 bits per heavy atom. The van der Waals surface area contributed by atoms with E-state index in [1.165, 1.54) is 59.9 Å². The molecule has 1 aliphatic heterocycles. The maximum Gasteiger partial charge on any atom is 0.186 e. The van der Waals surface area contributed by atoms with Crippen LogP contribution in [-0.2, 0) is 5.60 Å². The van der Waals surface area contributed by atoms with E-state index in [1.54, 1.807) is 0 Å². The van der Waals surface area contributed by atoms with E-state index in [4.69, 9.17) is 9.47 Å². The summed E-state index contributed by atoms with van der Waals surface area (Å²) < 4.78 is 15.4. The fraction of sp³-hybridized carbons (Fsp3) is 0.294. The highest BCUT2D eigenvalue weighted by atomic mass is 79.9. The first-order chi connectivity index (χ1) is 18.5. The largest absolute Gasteiger partial charge is 0.494 e. The van der Waals surface area contributed by atoms with Gasteiger partial charge in [-0.05, 0) is 72.5 Å². The molecule has 0 amide bonds. The molecule has 1 heterocycles. The van der Waals surface area contributed by atoms with Gasteiger partial charge in [-0.3, -0.25) is 0 Å². The van der Waals surface area contributed by atoms with E-state index in [0.717, 1.165) is 50.2 Å². The Morgan fingerprint density at radius 2 is 1.34 bits per heavy atom.